The number of fused-ring (bicyclic) bond motifs is 1. The van der Waals surface area contributed by atoms with E-state index in [1.54, 1.807) is 12.4 Å². The number of rotatable bonds is 5. The van der Waals surface area contributed by atoms with Gasteiger partial charge in [0.15, 0.2) is 5.82 Å². The van der Waals surface area contributed by atoms with Gasteiger partial charge in [-0.05, 0) is 24.3 Å². The average Bonchev–Trinajstić information content (AvgIpc) is 2.69. The molecule has 1 aliphatic heterocycles. The number of morpholine rings is 1. The largest absolute Gasteiger partial charge is 0.379 e. The predicted molar refractivity (Wildman–Crippen MR) is 106 cm³/mol. The lowest BCUT2D eigenvalue weighted by Crippen LogP contribution is -2.39. The van der Waals surface area contributed by atoms with Crippen LogP contribution in [0, 0.1) is 0 Å². The molecule has 0 atom stereocenters. The highest BCUT2D eigenvalue weighted by molar-refractivity contribution is 5.90. The van der Waals surface area contributed by atoms with Gasteiger partial charge in [-0.3, -0.25) is 9.88 Å². The van der Waals surface area contributed by atoms with E-state index in [4.69, 9.17) is 9.72 Å². The van der Waals surface area contributed by atoms with Crippen molar-refractivity contribution in [2.75, 3.05) is 44.7 Å². The Hall–Kier alpha value is -2.28. The standard InChI is InChI=1S/C19H21N5O.ClH/c1-2-6-17-16(5-1)19(21-8-9-24-10-12-25-13-11-24)23-18(22-17)15-4-3-7-20-14-15;/h1-7,14H,8-13H2,(H,21,22,23);1H. The third kappa shape index (κ3) is 4.27. The minimum atomic E-state index is 0. The molecule has 6 nitrogen and oxygen atoms in total. The number of pyridine rings is 1. The molecule has 4 rings (SSSR count). The van der Waals surface area contributed by atoms with E-state index >= 15 is 0 Å². The molecule has 0 amide bonds. The van der Waals surface area contributed by atoms with Crippen molar-refractivity contribution in [2.45, 2.75) is 0 Å². The summed E-state index contributed by atoms with van der Waals surface area (Å²) in [7, 11) is 0. The Kier molecular flexibility index (Phi) is 6.33. The molecule has 1 saturated heterocycles. The highest BCUT2D eigenvalue weighted by atomic mass is 35.5. The Bertz CT molecular complexity index is 840. The number of para-hydroxylation sites is 1. The molecule has 0 aliphatic carbocycles. The Morgan fingerprint density at radius 2 is 1.88 bits per heavy atom. The van der Waals surface area contributed by atoms with Crippen molar-refractivity contribution in [1.82, 2.24) is 19.9 Å². The van der Waals surface area contributed by atoms with Gasteiger partial charge in [-0.15, -0.1) is 12.4 Å². The van der Waals surface area contributed by atoms with Crippen LogP contribution in [0.25, 0.3) is 22.3 Å². The molecule has 3 aromatic rings. The molecule has 0 radical (unpaired) electrons. The minimum absolute atomic E-state index is 0. The van der Waals surface area contributed by atoms with E-state index in [0.717, 1.165) is 61.7 Å². The Labute approximate surface area is 159 Å². The van der Waals surface area contributed by atoms with Gasteiger partial charge in [0.1, 0.15) is 5.82 Å². The van der Waals surface area contributed by atoms with Crippen molar-refractivity contribution in [3.8, 4) is 11.4 Å². The van der Waals surface area contributed by atoms with Gasteiger partial charge in [0.25, 0.3) is 0 Å². The van der Waals surface area contributed by atoms with E-state index in [1.165, 1.54) is 0 Å². The van der Waals surface area contributed by atoms with Crippen LogP contribution in [0.5, 0.6) is 0 Å². The van der Waals surface area contributed by atoms with E-state index in [9.17, 15) is 0 Å². The Morgan fingerprint density at radius 1 is 1.04 bits per heavy atom. The van der Waals surface area contributed by atoms with Crippen LogP contribution in [0.15, 0.2) is 48.8 Å². The zero-order chi connectivity index (χ0) is 16.9. The maximum Gasteiger partial charge on any atom is 0.163 e. The summed E-state index contributed by atoms with van der Waals surface area (Å²) in [6, 6.07) is 12.0. The van der Waals surface area contributed by atoms with E-state index in [0.29, 0.717) is 5.82 Å². The zero-order valence-electron chi connectivity index (χ0n) is 14.5. The topological polar surface area (TPSA) is 63.2 Å². The molecule has 0 saturated carbocycles. The quantitative estimate of drug-likeness (QED) is 0.744. The number of nitrogens with zero attached hydrogens (tertiary/aromatic N) is 4. The van der Waals surface area contributed by atoms with Gasteiger partial charge >= 0.3 is 0 Å². The maximum atomic E-state index is 5.40. The van der Waals surface area contributed by atoms with Gasteiger partial charge in [-0.25, -0.2) is 9.97 Å². The van der Waals surface area contributed by atoms with Crippen LogP contribution in [-0.4, -0.2) is 59.2 Å². The lowest BCUT2D eigenvalue weighted by atomic mass is 10.2. The Balaban J connectivity index is 0.00000196. The molecular formula is C19H22ClN5O. The molecular weight excluding hydrogens is 350 g/mol. The zero-order valence-corrected chi connectivity index (χ0v) is 15.3. The lowest BCUT2D eigenvalue weighted by molar-refractivity contribution is 0.0398. The predicted octanol–water partition coefficient (Wildman–Crippen LogP) is 2.86. The van der Waals surface area contributed by atoms with Gasteiger partial charge in [-0.2, -0.15) is 0 Å². The number of nitrogens with one attached hydrogen (secondary N) is 1. The smallest absolute Gasteiger partial charge is 0.163 e. The first-order valence-electron chi connectivity index (χ1n) is 8.61. The van der Waals surface area contributed by atoms with Crippen molar-refractivity contribution in [3.05, 3.63) is 48.8 Å². The minimum Gasteiger partial charge on any atom is -0.379 e. The number of aromatic nitrogens is 3. The van der Waals surface area contributed by atoms with E-state index in [2.05, 4.69) is 26.3 Å². The first kappa shape index (κ1) is 18.5. The molecule has 2 aromatic heterocycles. The summed E-state index contributed by atoms with van der Waals surface area (Å²) < 4.78 is 5.40. The fourth-order valence-corrected chi connectivity index (χ4v) is 2.99. The molecule has 1 N–H and O–H groups in total. The second-order valence-corrected chi connectivity index (χ2v) is 6.04. The summed E-state index contributed by atoms with van der Waals surface area (Å²) in [6.45, 7) is 5.45. The normalized spacial score (nSPS) is 14.8. The molecule has 26 heavy (non-hydrogen) atoms. The average molecular weight is 372 g/mol. The number of benzene rings is 1. The van der Waals surface area contributed by atoms with Crippen LogP contribution in [0.3, 0.4) is 0 Å². The van der Waals surface area contributed by atoms with Crippen molar-refractivity contribution >= 4 is 29.1 Å². The van der Waals surface area contributed by atoms with Crippen molar-refractivity contribution in [3.63, 3.8) is 0 Å². The first-order chi connectivity index (χ1) is 12.4. The number of halogens is 1. The van der Waals surface area contributed by atoms with Crippen molar-refractivity contribution in [2.24, 2.45) is 0 Å². The van der Waals surface area contributed by atoms with Crippen molar-refractivity contribution < 1.29 is 4.74 Å². The van der Waals surface area contributed by atoms with Gasteiger partial charge in [0.05, 0.1) is 18.7 Å². The number of ether oxygens (including phenoxy) is 1. The molecule has 1 aliphatic rings. The fraction of sp³-hybridized carbons (Fsp3) is 0.316. The Morgan fingerprint density at radius 3 is 2.69 bits per heavy atom. The van der Waals surface area contributed by atoms with Crippen LogP contribution in [0.1, 0.15) is 0 Å². The van der Waals surface area contributed by atoms with Gasteiger partial charge in [0, 0.05) is 49.5 Å². The highest BCUT2D eigenvalue weighted by Crippen LogP contribution is 2.24. The van der Waals surface area contributed by atoms with Gasteiger partial charge < -0.3 is 10.1 Å². The molecule has 136 valence electrons. The fourth-order valence-electron chi connectivity index (χ4n) is 2.99. The number of hydrogen-bond donors (Lipinski definition) is 1. The summed E-state index contributed by atoms with van der Waals surface area (Å²) in [5.41, 5.74) is 1.86. The van der Waals surface area contributed by atoms with Crippen LogP contribution < -0.4 is 5.32 Å². The molecule has 1 fully saturated rings. The molecule has 3 heterocycles. The summed E-state index contributed by atoms with van der Waals surface area (Å²) in [5, 5.41) is 4.53. The van der Waals surface area contributed by atoms with Crippen LogP contribution in [-0.2, 0) is 4.74 Å². The summed E-state index contributed by atoms with van der Waals surface area (Å²) >= 11 is 0. The summed E-state index contributed by atoms with van der Waals surface area (Å²) in [5.74, 6) is 1.57. The molecule has 0 bridgehead atoms. The van der Waals surface area contributed by atoms with Crippen molar-refractivity contribution in [1.29, 1.82) is 0 Å². The monoisotopic (exact) mass is 371 g/mol. The van der Waals surface area contributed by atoms with Crippen LogP contribution in [0.4, 0.5) is 5.82 Å². The van der Waals surface area contributed by atoms with E-state index in [-0.39, 0.29) is 12.4 Å². The lowest BCUT2D eigenvalue weighted by Gasteiger charge is -2.26. The second kappa shape index (κ2) is 8.89. The summed E-state index contributed by atoms with van der Waals surface area (Å²) in [4.78, 5) is 16.0. The SMILES string of the molecule is Cl.c1cncc(-c2nc(NCCN3CCOCC3)c3ccccc3n2)c1. The first-order valence-corrected chi connectivity index (χ1v) is 8.61. The molecule has 7 heteroatoms. The molecule has 0 unspecified atom stereocenters. The van der Waals surface area contributed by atoms with Gasteiger partial charge in [-0.1, -0.05) is 12.1 Å². The molecule has 1 aromatic carbocycles. The highest BCUT2D eigenvalue weighted by Gasteiger charge is 2.12. The van der Waals surface area contributed by atoms with E-state index in [1.807, 2.05) is 30.3 Å². The number of anilines is 1. The van der Waals surface area contributed by atoms with Crippen LogP contribution >= 0.6 is 12.4 Å². The third-order valence-corrected chi connectivity index (χ3v) is 4.35. The number of hydrogen-bond acceptors (Lipinski definition) is 6. The second-order valence-electron chi connectivity index (χ2n) is 6.04. The maximum absolute atomic E-state index is 5.40. The summed E-state index contributed by atoms with van der Waals surface area (Å²) in [6.07, 6.45) is 3.55. The molecule has 0 spiro atoms. The van der Waals surface area contributed by atoms with Crippen LogP contribution in [0.2, 0.25) is 0 Å². The van der Waals surface area contributed by atoms with E-state index < -0.39 is 0 Å². The van der Waals surface area contributed by atoms with Gasteiger partial charge in [0.2, 0.25) is 0 Å². The third-order valence-electron chi connectivity index (χ3n) is 4.35.